The van der Waals surface area contributed by atoms with E-state index >= 15 is 0 Å². The van der Waals surface area contributed by atoms with E-state index in [1.165, 1.54) is 0 Å². The van der Waals surface area contributed by atoms with Crippen LogP contribution in [0.3, 0.4) is 0 Å². The number of cyclic esters (lactones) is 1. The van der Waals surface area contributed by atoms with Crippen molar-refractivity contribution in [1.29, 1.82) is 0 Å². The number of carbonyl (C=O) groups excluding carboxylic acids is 2. The molecule has 198 valence electrons. The summed E-state index contributed by atoms with van der Waals surface area (Å²) >= 11 is 0. The summed E-state index contributed by atoms with van der Waals surface area (Å²) in [6.45, 7) is 10.6. The third-order valence-corrected chi connectivity index (χ3v) is 7.00. The summed E-state index contributed by atoms with van der Waals surface area (Å²) in [6.07, 6.45) is 7.48. The van der Waals surface area contributed by atoms with E-state index < -0.39 is 35.6 Å². The minimum Gasteiger partial charge on any atom is -0.497 e. The summed E-state index contributed by atoms with van der Waals surface area (Å²) in [5, 5.41) is 21.6. The summed E-state index contributed by atoms with van der Waals surface area (Å²) in [6, 6.07) is 3.55. The maximum Gasteiger partial charge on any atom is 0.309 e. The number of pyridine rings is 1. The van der Waals surface area contributed by atoms with Gasteiger partial charge in [0.1, 0.15) is 17.6 Å². The van der Waals surface area contributed by atoms with Crippen LogP contribution in [-0.2, 0) is 14.3 Å². The van der Waals surface area contributed by atoms with Crippen LogP contribution in [0.1, 0.15) is 66.5 Å². The second-order valence-electron chi connectivity index (χ2n) is 10.4. The first-order chi connectivity index (χ1) is 16.9. The maximum atomic E-state index is 13.2. The lowest BCUT2D eigenvalue weighted by molar-refractivity contribution is -0.154. The highest BCUT2D eigenvalue weighted by Gasteiger charge is 2.42. The van der Waals surface area contributed by atoms with Crippen LogP contribution in [0.4, 0.5) is 0 Å². The Kier molecular flexibility index (Phi) is 10.6. The Morgan fingerprint density at radius 1 is 1.25 bits per heavy atom. The van der Waals surface area contributed by atoms with E-state index in [9.17, 15) is 19.8 Å². The molecule has 0 amide bonds. The number of carbonyl (C=O) groups is 2. The molecule has 1 aliphatic heterocycles. The average Bonchev–Trinajstić information content (AvgIpc) is 2.84. The van der Waals surface area contributed by atoms with Gasteiger partial charge in [0.2, 0.25) is 0 Å². The SMILES string of the molecule is COc1ccnc(/C=C(\C)[C@@H]2C/C=C(/C)C/C=C/[C@H](C)[C@H](O)[C@@H](C)C(=O)C(C)(C)[C@@H](O)CC(=O)O2)c1. The van der Waals surface area contributed by atoms with Crippen LogP contribution in [0.2, 0.25) is 0 Å². The van der Waals surface area contributed by atoms with Crippen molar-refractivity contribution >= 4 is 17.8 Å². The minimum atomic E-state index is -1.26. The fraction of sp³-hybridized carbons (Fsp3) is 0.552. The molecule has 0 spiro atoms. The van der Waals surface area contributed by atoms with Crippen LogP contribution in [-0.4, -0.2) is 52.4 Å². The number of allylic oxidation sites excluding steroid dienone is 2. The molecule has 0 aromatic carbocycles. The van der Waals surface area contributed by atoms with E-state index in [2.05, 4.69) is 4.98 Å². The van der Waals surface area contributed by atoms with E-state index in [0.29, 0.717) is 24.3 Å². The molecule has 7 nitrogen and oxygen atoms in total. The number of methoxy groups -OCH3 is 1. The van der Waals surface area contributed by atoms with Crippen molar-refractivity contribution < 1.29 is 29.3 Å². The number of aromatic nitrogens is 1. The minimum absolute atomic E-state index is 0.240. The van der Waals surface area contributed by atoms with Crippen molar-refractivity contribution in [3.63, 3.8) is 0 Å². The topological polar surface area (TPSA) is 106 Å². The molecular weight excluding hydrogens is 458 g/mol. The van der Waals surface area contributed by atoms with E-state index in [4.69, 9.17) is 9.47 Å². The second-order valence-corrected chi connectivity index (χ2v) is 10.4. The first kappa shape index (κ1) is 29.5. The van der Waals surface area contributed by atoms with Gasteiger partial charge in [-0.05, 0) is 38.0 Å². The number of hydrogen-bond acceptors (Lipinski definition) is 7. The number of esters is 1. The molecule has 1 aromatic heterocycles. The summed E-state index contributed by atoms with van der Waals surface area (Å²) in [5.41, 5.74) is 1.31. The van der Waals surface area contributed by atoms with Crippen LogP contribution in [0.25, 0.3) is 6.08 Å². The normalized spacial score (nSPS) is 31.2. The first-order valence-electron chi connectivity index (χ1n) is 12.5. The van der Waals surface area contributed by atoms with Crippen molar-refractivity contribution in [3.05, 3.63) is 53.4 Å². The largest absolute Gasteiger partial charge is 0.497 e. The van der Waals surface area contributed by atoms with Crippen LogP contribution >= 0.6 is 0 Å². The van der Waals surface area contributed by atoms with Gasteiger partial charge in [-0.3, -0.25) is 14.6 Å². The average molecular weight is 500 g/mol. The molecule has 2 rings (SSSR count). The quantitative estimate of drug-likeness (QED) is 0.459. The van der Waals surface area contributed by atoms with Gasteiger partial charge in [0.25, 0.3) is 0 Å². The molecule has 0 aliphatic carbocycles. The summed E-state index contributed by atoms with van der Waals surface area (Å²) < 4.78 is 11.1. The lowest BCUT2D eigenvalue weighted by atomic mass is 9.73. The fourth-order valence-corrected chi connectivity index (χ4v) is 4.24. The smallest absolute Gasteiger partial charge is 0.309 e. The lowest BCUT2D eigenvalue weighted by Gasteiger charge is -2.34. The number of rotatable bonds is 3. The van der Waals surface area contributed by atoms with Gasteiger partial charge in [0.05, 0.1) is 36.8 Å². The molecule has 0 radical (unpaired) electrons. The summed E-state index contributed by atoms with van der Waals surface area (Å²) in [7, 11) is 1.58. The number of Topliss-reactive ketones (excluding diaryl/α,β-unsaturated/α-hetero) is 1. The third-order valence-electron chi connectivity index (χ3n) is 7.00. The zero-order valence-electron chi connectivity index (χ0n) is 22.5. The maximum absolute atomic E-state index is 13.2. The van der Waals surface area contributed by atoms with E-state index in [1.54, 1.807) is 46.2 Å². The third kappa shape index (κ3) is 7.87. The van der Waals surface area contributed by atoms with Crippen molar-refractivity contribution in [2.45, 2.75) is 79.1 Å². The van der Waals surface area contributed by atoms with Gasteiger partial charge in [0, 0.05) is 30.5 Å². The van der Waals surface area contributed by atoms with Gasteiger partial charge in [-0.1, -0.05) is 51.5 Å². The van der Waals surface area contributed by atoms with E-state index in [0.717, 1.165) is 11.1 Å². The molecule has 0 saturated carbocycles. The van der Waals surface area contributed by atoms with Gasteiger partial charge >= 0.3 is 5.97 Å². The highest BCUT2D eigenvalue weighted by molar-refractivity contribution is 5.88. The number of aliphatic hydroxyl groups is 2. The predicted octanol–water partition coefficient (Wildman–Crippen LogP) is 4.68. The van der Waals surface area contributed by atoms with Crippen LogP contribution in [0, 0.1) is 17.3 Å². The molecule has 0 fully saturated rings. The number of hydrogen-bond donors (Lipinski definition) is 2. The van der Waals surface area contributed by atoms with E-state index in [-0.39, 0.29) is 18.1 Å². The molecule has 2 heterocycles. The fourth-order valence-electron chi connectivity index (χ4n) is 4.24. The molecule has 0 bridgehead atoms. The Hall–Kier alpha value is -2.77. The van der Waals surface area contributed by atoms with Gasteiger partial charge in [-0.25, -0.2) is 0 Å². The molecular formula is C29H41NO6. The molecule has 7 heteroatoms. The van der Waals surface area contributed by atoms with E-state index in [1.807, 2.05) is 45.1 Å². The van der Waals surface area contributed by atoms with Gasteiger partial charge in [0.15, 0.2) is 0 Å². The predicted molar refractivity (Wildman–Crippen MR) is 140 cm³/mol. The Morgan fingerprint density at radius 3 is 2.61 bits per heavy atom. The van der Waals surface area contributed by atoms with Crippen molar-refractivity contribution in [3.8, 4) is 5.75 Å². The van der Waals surface area contributed by atoms with Gasteiger partial charge in [-0.2, -0.15) is 0 Å². The van der Waals surface area contributed by atoms with Crippen molar-refractivity contribution in [1.82, 2.24) is 4.98 Å². The van der Waals surface area contributed by atoms with Gasteiger partial charge < -0.3 is 19.7 Å². The van der Waals surface area contributed by atoms with Crippen LogP contribution < -0.4 is 4.74 Å². The highest BCUT2D eigenvalue weighted by Crippen LogP contribution is 2.31. The molecule has 1 aromatic rings. The van der Waals surface area contributed by atoms with Crippen LogP contribution in [0.15, 0.2) is 47.7 Å². The molecule has 1 aliphatic rings. The number of ether oxygens (including phenoxy) is 2. The molecule has 0 unspecified atom stereocenters. The first-order valence-corrected chi connectivity index (χ1v) is 12.5. The summed E-state index contributed by atoms with van der Waals surface area (Å²) in [4.78, 5) is 30.4. The van der Waals surface area contributed by atoms with Crippen LogP contribution in [0.5, 0.6) is 5.75 Å². The standard InChI is InChI=1S/C29H41NO6/c1-18-9-8-10-19(2)27(33)21(4)28(34)29(5,6)25(31)17-26(32)36-24(12-11-18)20(3)15-22-16-23(35-7)13-14-30-22/h8,10-11,13-16,19,21,24-25,27,31,33H,9,12,17H2,1-7H3/b10-8+,18-11-,20-15+/t19-,21+,24-,25-,27-/m0/s1. The van der Waals surface area contributed by atoms with Crippen molar-refractivity contribution in [2.75, 3.05) is 7.11 Å². The molecule has 2 N–H and O–H groups in total. The second kappa shape index (κ2) is 13.0. The van der Waals surface area contributed by atoms with Gasteiger partial charge in [-0.15, -0.1) is 0 Å². The highest BCUT2D eigenvalue weighted by atomic mass is 16.5. The van der Waals surface area contributed by atoms with Crippen molar-refractivity contribution in [2.24, 2.45) is 17.3 Å². The lowest BCUT2D eigenvalue weighted by Crippen LogP contribution is -2.45. The molecule has 0 saturated heterocycles. The molecule has 5 atom stereocenters. The summed E-state index contributed by atoms with van der Waals surface area (Å²) in [5.74, 6) is -1.17. The Morgan fingerprint density at radius 2 is 1.94 bits per heavy atom. The monoisotopic (exact) mass is 499 g/mol. The number of aliphatic hydroxyl groups excluding tert-OH is 2. The number of nitrogens with zero attached hydrogens (tertiary/aromatic N) is 1. The molecule has 36 heavy (non-hydrogen) atoms. The number of ketones is 1. The Bertz CT molecular complexity index is 1010. The Balaban J connectivity index is 2.40. The zero-order valence-corrected chi connectivity index (χ0v) is 22.5. The Labute approximate surface area is 214 Å². The zero-order chi connectivity index (χ0) is 27.0.